The molecule has 0 aliphatic rings. The monoisotopic (exact) mass is 334 g/mol. The maximum Gasteiger partial charge on any atom is 0.412 e. The van der Waals surface area contributed by atoms with Crippen molar-refractivity contribution in [1.29, 1.82) is 0 Å². The van der Waals surface area contributed by atoms with Gasteiger partial charge in [0.1, 0.15) is 5.60 Å². The van der Waals surface area contributed by atoms with Crippen molar-refractivity contribution in [3.63, 3.8) is 0 Å². The molecule has 0 saturated carbocycles. The molecule has 4 N–H and O–H groups in total. The first-order valence-electron chi connectivity index (χ1n) is 8.43. The lowest BCUT2D eigenvalue weighted by molar-refractivity contribution is 0.0636. The molecule has 1 aromatic rings. The van der Waals surface area contributed by atoms with Gasteiger partial charge in [-0.1, -0.05) is 25.5 Å². The zero-order valence-corrected chi connectivity index (χ0v) is 15.2. The number of unbranched alkanes of at least 4 members (excludes halogenated alkanes) is 1. The second kappa shape index (κ2) is 9.80. The highest BCUT2D eigenvalue weighted by atomic mass is 16.6. The standard InChI is InChI=1S/C18H30N4O2/c1-5-6-12-20-16(19)21-13-11-14-7-9-15(10-8-14)22-17(23)24-18(2,3)4/h7-10H,5-6,11-13H2,1-4H3,(H,22,23)(H3,19,20,21). The maximum atomic E-state index is 11.7. The van der Waals surface area contributed by atoms with Crippen molar-refractivity contribution in [3.05, 3.63) is 29.8 Å². The third kappa shape index (κ3) is 9.02. The Morgan fingerprint density at radius 1 is 1.25 bits per heavy atom. The Morgan fingerprint density at radius 2 is 1.92 bits per heavy atom. The molecule has 6 heteroatoms. The van der Waals surface area contributed by atoms with Gasteiger partial charge in [-0.25, -0.2) is 4.79 Å². The number of amides is 1. The number of benzene rings is 1. The van der Waals surface area contributed by atoms with Crippen LogP contribution in [0.3, 0.4) is 0 Å². The van der Waals surface area contributed by atoms with E-state index in [0.717, 1.165) is 37.9 Å². The molecule has 0 heterocycles. The minimum absolute atomic E-state index is 0.451. The van der Waals surface area contributed by atoms with E-state index in [0.29, 0.717) is 11.6 Å². The zero-order chi connectivity index (χ0) is 18.0. The summed E-state index contributed by atoms with van der Waals surface area (Å²) in [4.78, 5) is 15.9. The Morgan fingerprint density at radius 3 is 2.50 bits per heavy atom. The van der Waals surface area contributed by atoms with Gasteiger partial charge in [0.05, 0.1) is 0 Å². The number of carbonyl (C=O) groups is 1. The van der Waals surface area contributed by atoms with Gasteiger partial charge in [-0.2, -0.15) is 0 Å². The molecule has 0 aliphatic heterocycles. The molecule has 1 aromatic carbocycles. The molecule has 1 rings (SSSR count). The van der Waals surface area contributed by atoms with Crippen LogP contribution in [0.1, 0.15) is 46.1 Å². The largest absolute Gasteiger partial charge is 0.444 e. The lowest BCUT2D eigenvalue weighted by Crippen LogP contribution is -2.33. The number of hydrogen-bond donors (Lipinski definition) is 3. The van der Waals surface area contributed by atoms with E-state index in [4.69, 9.17) is 10.5 Å². The van der Waals surface area contributed by atoms with Gasteiger partial charge in [-0.05, 0) is 51.3 Å². The molecule has 134 valence electrons. The van der Waals surface area contributed by atoms with Crippen LogP contribution in [0.25, 0.3) is 0 Å². The van der Waals surface area contributed by atoms with Gasteiger partial charge in [0.25, 0.3) is 0 Å². The number of nitrogens with zero attached hydrogens (tertiary/aromatic N) is 1. The molecule has 0 radical (unpaired) electrons. The average molecular weight is 334 g/mol. The van der Waals surface area contributed by atoms with Gasteiger partial charge < -0.3 is 15.8 Å². The van der Waals surface area contributed by atoms with Crippen LogP contribution >= 0.6 is 0 Å². The number of anilines is 1. The second-order valence-electron chi connectivity index (χ2n) is 6.62. The van der Waals surface area contributed by atoms with Crippen molar-refractivity contribution in [1.82, 2.24) is 5.32 Å². The van der Waals surface area contributed by atoms with Gasteiger partial charge in [-0.15, -0.1) is 0 Å². The van der Waals surface area contributed by atoms with E-state index in [-0.39, 0.29) is 0 Å². The normalized spacial score (nSPS) is 11.9. The summed E-state index contributed by atoms with van der Waals surface area (Å²) < 4.78 is 5.22. The fourth-order valence-electron chi connectivity index (χ4n) is 1.92. The Kier molecular flexibility index (Phi) is 8.09. The van der Waals surface area contributed by atoms with E-state index >= 15 is 0 Å². The smallest absolute Gasteiger partial charge is 0.412 e. The molecule has 0 unspecified atom stereocenters. The fraction of sp³-hybridized carbons (Fsp3) is 0.556. The highest BCUT2D eigenvalue weighted by molar-refractivity contribution is 5.84. The summed E-state index contributed by atoms with van der Waals surface area (Å²) in [6.45, 7) is 9.11. The highest BCUT2D eigenvalue weighted by Gasteiger charge is 2.15. The Bertz CT molecular complexity index is 533. The van der Waals surface area contributed by atoms with Crippen molar-refractivity contribution < 1.29 is 9.53 Å². The van der Waals surface area contributed by atoms with Gasteiger partial charge in [0, 0.05) is 18.8 Å². The molecule has 0 saturated heterocycles. The number of nitrogens with two attached hydrogens (primary N) is 1. The number of nitrogens with one attached hydrogen (secondary N) is 2. The highest BCUT2D eigenvalue weighted by Crippen LogP contribution is 2.13. The fourth-order valence-corrected chi connectivity index (χ4v) is 1.92. The molecule has 1 amide bonds. The Labute approximate surface area is 144 Å². The molecule has 0 fully saturated rings. The SMILES string of the molecule is CCCCN=C(N)NCCc1ccc(NC(=O)OC(C)(C)C)cc1. The number of carbonyl (C=O) groups excluding carboxylic acids is 1. The quantitative estimate of drug-likeness (QED) is 0.405. The number of ether oxygens (including phenoxy) is 1. The van der Waals surface area contributed by atoms with E-state index in [1.165, 1.54) is 0 Å². The molecular weight excluding hydrogens is 304 g/mol. The van der Waals surface area contributed by atoms with Gasteiger partial charge >= 0.3 is 6.09 Å². The van der Waals surface area contributed by atoms with E-state index in [9.17, 15) is 4.79 Å². The van der Waals surface area contributed by atoms with Crippen LogP contribution in [-0.4, -0.2) is 30.7 Å². The van der Waals surface area contributed by atoms with E-state index < -0.39 is 11.7 Å². The summed E-state index contributed by atoms with van der Waals surface area (Å²) >= 11 is 0. The van der Waals surface area contributed by atoms with Crippen LogP contribution in [0.5, 0.6) is 0 Å². The third-order valence-electron chi connectivity index (χ3n) is 3.11. The Hall–Kier alpha value is -2.24. The van der Waals surface area contributed by atoms with E-state index in [2.05, 4.69) is 22.5 Å². The first-order valence-corrected chi connectivity index (χ1v) is 8.43. The maximum absolute atomic E-state index is 11.7. The minimum atomic E-state index is -0.506. The van der Waals surface area contributed by atoms with Crippen LogP contribution in [-0.2, 0) is 11.2 Å². The van der Waals surface area contributed by atoms with Gasteiger partial charge in [-0.3, -0.25) is 10.3 Å². The molecule has 6 nitrogen and oxygen atoms in total. The first-order chi connectivity index (χ1) is 11.3. The predicted octanol–water partition coefficient (Wildman–Crippen LogP) is 3.28. The van der Waals surface area contributed by atoms with Crippen LogP contribution in [0, 0.1) is 0 Å². The molecule has 0 aromatic heterocycles. The molecule has 0 bridgehead atoms. The van der Waals surface area contributed by atoms with Crippen LogP contribution in [0.2, 0.25) is 0 Å². The zero-order valence-electron chi connectivity index (χ0n) is 15.2. The Balaban J connectivity index is 2.37. The first kappa shape index (κ1) is 19.8. The summed E-state index contributed by atoms with van der Waals surface area (Å²) in [7, 11) is 0. The van der Waals surface area contributed by atoms with Crippen LogP contribution in [0.4, 0.5) is 10.5 Å². The summed E-state index contributed by atoms with van der Waals surface area (Å²) in [6.07, 6.45) is 2.54. The molecule has 0 atom stereocenters. The lowest BCUT2D eigenvalue weighted by Gasteiger charge is -2.19. The van der Waals surface area contributed by atoms with Crippen LogP contribution < -0.4 is 16.4 Å². The summed E-state index contributed by atoms with van der Waals surface area (Å²) in [5.41, 5.74) is 7.14. The molecule has 0 aliphatic carbocycles. The number of rotatable bonds is 7. The number of guanidine groups is 1. The molecule has 0 spiro atoms. The third-order valence-corrected chi connectivity index (χ3v) is 3.11. The van der Waals surface area contributed by atoms with Crippen molar-refractivity contribution in [2.24, 2.45) is 10.7 Å². The van der Waals surface area contributed by atoms with Crippen molar-refractivity contribution >= 4 is 17.7 Å². The minimum Gasteiger partial charge on any atom is -0.444 e. The van der Waals surface area contributed by atoms with Crippen LogP contribution in [0.15, 0.2) is 29.3 Å². The predicted molar refractivity (Wildman–Crippen MR) is 99.4 cm³/mol. The van der Waals surface area contributed by atoms with E-state index in [1.54, 1.807) is 0 Å². The van der Waals surface area contributed by atoms with Crippen molar-refractivity contribution in [2.75, 3.05) is 18.4 Å². The molecular formula is C18H30N4O2. The van der Waals surface area contributed by atoms with Crippen molar-refractivity contribution in [2.45, 2.75) is 52.6 Å². The average Bonchev–Trinajstić information content (AvgIpc) is 2.47. The van der Waals surface area contributed by atoms with E-state index in [1.807, 2.05) is 45.0 Å². The van der Waals surface area contributed by atoms with Gasteiger partial charge in [0.2, 0.25) is 0 Å². The summed E-state index contributed by atoms with van der Waals surface area (Å²) in [6, 6.07) is 7.66. The second-order valence-corrected chi connectivity index (χ2v) is 6.62. The lowest BCUT2D eigenvalue weighted by atomic mass is 10.1. The van der Waals surface area contributed by atoms with Gasteiger partial charge in [0.15, 0.2) is 5.96 Å². The number of aliphatic imine (C=N–C) groups is 1. The summed E-state index contributed by atoms with van der Waals surface area (Å²) in [5.74, 6) is 0.492. The topological polar surface area (TPSA) is 88.7 Å². The number of hydrogen-bond acceptors (Lipinski definition) is 3. The van der Waals surface area contributed by atoms with Crippen molar-refractivity contribution in [3.8, 4) is 0 Å². The molecule has 24 heavy (non-hydrogen) atoms. The summed E-state index contributed by atoms with van der Waals surface area (Å²) in [5, 5.41) is 5.81.